The molecule has 0 bridgehead atoms. The number of ether oxygens (including phenoxy) is 4. The second-order valence-corrected chi connectivity index (χ2v) is 9.85. The summed E-state index contributed by atoms with van der Waals surface area (Å²) in [5.74, 6) is -0.853. The average molecular weight is 547 g/mol. The Morgan fingerprint density at radius 1 is 0.789 bits per heavy atom. The lowest BCUT2D eigenvalue weighted by molar-refractivity contribution is -0.305. The van der Waals surface area contributed by atoms with Gasteiger partial charge in [-0.05, 0) is 32.1 Å². The van der Waals surface area contributed by atoms with Crippen LogP contribution in [0.25, 0.3) is 0 Å². The number of aliphatic hydroxyl groups is 4. The highest BCUT2D eigenvalue weighted by molar-refractivity contribution is 5.70. The fourth-order valence-electron chi connectivity index (χ4n) is 4.01. The van der Waals surface area contributed by atoms with E-state index >= 15 is 0 Å². The normalized spacial score (nSPS) is 24.4. The van der Waals surface area contributed by atoms with Crippen LogP contribution in [0.1, 0.15) is 97.3 Å². The van der Waals surface area contributed by atoms with Gasteiger partial charge in [0.25, 0.3) is 0 Å². The third-order valence-electron chi connectivity index (χ3n) is 6.38. The Morgan fingerprint density at radius 2 is 1.45 bits per heavy atom. The third kappa shape index (κ3) is 14.6. The number of aliphatic hydroxyl groups excluding tert-OH is 4. The summed E-state index contributed by atoms with van der Waals surface area (Å²) in [5, 5.41) is 39.4. The van der Waals surface area contributed by atoms with E-state index in [9.17, 15) is 30.0 Å². The van der Waals surface area contributed by atoms with Crippen molar-refractivity contribution in [3.05, 3.63) is 12.2 Å². The van der Waals surface area contributed by atoms with Gasteiger partial charge < -0.3 is 39.4 Å². The second-order valence-electron chi connectivity index (χ2n) is 9.85. The standard InChI is InChI=1S/C28H50O10/c1-3-5-7-8-9-10-11-12-13-15-17-24(31)37-21(19-35-23(30)16-14-6-4-2)20-36-28-27(34)26(33)25(32)22(18-29)38-28/h7-8,21-22,25-29,32-34H,3-6,9-20H2,1-2H3/b8-7-. The van der Waals surface area contributed by atoms with Crippen molar-refractivity contribution in [3.63, 3.8) is 0 Å². The first kappa shape index (κ1) is 34.5. The van der Waals surface area contributed by atoms with E-state index in [0.29, 0.717) is 12.8 Å². The molecule has 1 aliphatic heterocycles. The molecule has 1 fully saturated rings. The smallest absolute Gasteiger partial charge is 0.306 e. The zero-order chi connectivity index (χ0) is 28.2. The molecule has 1 saturated heterocycles. The number of rotatable bonds is 21. The molecule has 0 amide bonds. The number of esters is 2. The molecule has 222 valence electrons. The number of hydrogen-bond acceptors (Lipinski definition) is 10. The Labute approximate surface area is 227 Å². The zero-order valence-electron chi connectivity index (χ0n) is 23.2. The summed E-state index contributed by atoms with van der Waals surface area (Å²) in [6.45, 7) is 3.10. The lowest BCUT2D eigenvalue weighted by atomic mass is 9.99. The molecule has 10 heteroatoms. The summed E-state index contributed by atoms with van der Waals surface area (Å²) in [6.07, 6.45) is 7.61. The Hall–Kier alpha value is -1.56. The molecule has 0 aromatic rings. The topological polar surface area (TPSA) is 152 Å². The van der Waals surface area contributed by atoms with Gasteiger partial charge in [0, 0.05) is 12.8 Å². The number of allylic oxidation sites excluding steroid dienone is 2. The molecule has 0 aromatic heterocycles. The summed E-state index contributed by atoms with van der Waals surface area (Å²) in [7, 11) is 0. The maximum atomic E-state index is 12.4. The number of carbonyl (C=O) groups is 2. The minimum atomic E-state index is -1.59. The van der Waals surface area contributed by atoms with Crippen molar-refractivity contribution in [2.75, 3.05) is 19.8 Å². The predicted octanol–water partition coefficient (Wildman–Crippen LogP) is 2.93. The molecule has 10 nitrogen and oxygen atoms in total. The molecule has 0 saturated carbocycles. The Kier molecular flexibility index (Phi) is 19.3. The van der Waals surface area contributed by atoms with Crippen LogP contribution in [0.15, 0.2) is 12.2 Å². The molecule has 0 aromatic carbocycles. The van der Waals surface area contributed by atoms with Crippen LogP contribution in [0.3, 0.4) is 0 Å². The van der Waals surface area contributed by atoms with E-state index in [1.165, 1.54) is 0 Å². The number of unbranched alkanes of at least 4 members (excludes halogenated alkanes) is 8. The molecule has 1 heterocycles. The van der Waals surface area contributed by atoms with Gasteiger partial charge in [-0.1, -0.05) is 64.5 Å². The van der Waals surface area contributed by atoms with E-state index in [0.717, 1.165) is 57.8 Å². The maximum Gasteiger partial charge on any atom is 0.306 e. The first-order chi connectivity index (χ1) is 18.3. The summed E-state index contributed by atoms with van der Waals surface area (Å²) in [5.41, 5.74) is 0. The van der Waals surface area contributed by atoms with Crippen LogP contribution in [-0.4, -0.2) is 89.0 Å². The minimum Gasteiger partial charge on any atom is -0.462 e. The summed E-state index contributed by atoms with van der Waals surface area (Å²) in [4.78, 5) is 24.5. The lowest BCUT2D eigenvalue weighted by Crippen LogP contribution is -2.59. The van der Waals surface area contributed by atoms with Crippen molar-refractivity contribution < 1.29 is 49.0 Å². The fraction of sp³-hybridized carbons (Fsp3) is 0.857. The highest BCUT2D eigenvalue weighted by Gasteiger charge is 2.44. The van der Waals surface area contributed by atoms with Gasteiger partial charge in [-0.15, -0.1) is 0 Å². The quantitative estimate of drug-likeness (QED) is 0.0960. The van der Waals surface area contributed by atoms with Gasteiger partial charge in [-0.25, -0.2) is 0 Å². The molecular weight excluding hydrogens is 496 g/mol. The Bertz CT molecular complexity index is 654. The first-order valence-corrected chi connectivity index (χ1v) is 14.3. The van der Waals surface area contributed by atoms with E-state index in [1.54, 1.807) is 0 Å². The van der Waals surface area contributed by atoms with Crippen molar-refractivity contribution in [1.82, 2.24) is 0 Å². The van der Waals surface area contributed by atoms with Crippen molar-refractivity contribution >= 4 is 11.9 Å². The minimum absolute atomic E-state index is 0.220. The van der Waals surface area contributed by atoms with Gasteiger partial charge in [0.1, 0.15) is 31.0 Å². The molecule has 6 atom stereocenters. The monoisotopic (exact) mass is 546 g/mol. The third-order valence-corrected chi connectivity index (χ3v) is 6.38. The van der Waals surface area contributed by atoms with Gasteiger partial charge in [0.05, 0.1) is 13.2 Å². The van der Waals surface area contributed by atoms with Crippen LogP contribution in [0, 0.1) is 0 Å². The largest absolute Gasteiger partial charge is 0.462 e. The van der Waals surface area contributed by atoms with Gasteiger partial charge in [-0.2, -0.15) is 0 Å². The van der Waals surface area contributed by atoms with E-state index in [4.69, 9.17) is 18.9 Å². The molecule has 0 radical (unpaired) electrons. The average Bonchev–Trinajstić information content (AvgIpc) is 2.91. The zero-order valence-corrected chi connectivity index (χ0v) is 23.2. The van der Waals surface area contributed by atoms with E-state index in [2.05, 4.69) is 19.1 Å². The molecule has 0 spiro atoms. The van der Waals surface area contributed by atoms with Crippen molar-refractivity contribution in [2.45, 2.75) is 134 Å². The van der Waals surface area contributed by atoms with Crippen molar-refractivity contribution in [3.8, 4) is 0 Å². The second kappa shape index (κ2) is 21.3. The van der Waals surface area contributed by atoms with Crippen LogP contribution < -0.4 is 0 Å². The van der Waals surface area contributed by atoms with Crippen molar-refractivity contribution in [1.29, 1.82) is 0 Å². The van der Waals surface area contributed by atoms with Gasteiger partial charge in [-0.3, -0.25) is 9.59 Å². The lowest BCUT2D eigenvalue weighted by Gasteiger charge is -2.39. The molecular formula is C28H50O10. The van der Waals surface area contributed by atoms with Gasteiger partial charge in [0.15, 0.2) is 12.4 Å². The van der Waals surface area contributed by atoms with Gasteiger partial charge >= 0.3 is 11.9 Å². The number of carbonyl (C=O) groups excluding carboxylic acids is 2. The summed E-state index contributed by atoms with van der Waals surface area (Å²) < 4.78 is 21.6. The summed E-state index contributed by atoms with van der Waals surface area (Å²) in [6, 6.07) is 0. The Morgan fingerprint density at radius 3 is 2.16 bits per heavy atom. The molecule has 38 heavy (non-hydrogen) atoms. The molecule has 4 N–H and O–H groups in total. The van der Waals surface area contributed by atoms with Crippen molar-refractivity contribution in [2.24, 2.45) is 0 Å². The van der Waals surface area contributed by atoms with E-state index in [1.807, 2.05) is 6.92 Å². The van der Waals surface area contributed by atoms with Crippen LogP contribution in [0.5, 0.6) is 0 Å². The molecule has 6 unspecified atom stereocenters. The maximum absolute atomic E-state index is 12.4. The molecule has 1 rings (SSSR count). The fourth-order valence-corrected chi connectivity index (χ4v) is 4.01. The Balaban J connectivity index is 2.49. The summed E-state index contributed by atoms with van der Waals surface area (Å²) >= 11 is 0. The van der Waals surface area contributed by atoms with E-state index in [-0.39, 0.29) is 26.1 Å². The van der Waals surface area contributed by atoms with Crippen LogP contribution in [0.4, 0.5) is 0 Å². The van der Waals surface area contributed by atoms with E-state index < -0.39 is 55.4 Å². The SMILES string of the molecule is CCC/C=C\CCCCCCCC(=O)OC(COC(=O)CCCCC)COC1OC(CO)C(O)C(O)C1O. The number of hydrogen-bond donors (Lipinski definition) is 4. The first-order valence-electron chi connectivity index (χ1n) is 14.3. The van der Waals surface area contributed by atoms with Gasteiger partial charge in [0.2, 0.25) is 0 Å². The highest BCUT2D eigenvalue weighted by atomic mass is 16.7. The highest BCUT2D eigenvalue weighted by Crippen LogP contribution is 2.22. The van der Waals surface area contributed by atoms with Crippen LogP contribution in [0.2, 0.25) is 0 Å². The van der Waals surface area contributed by atoms with Crippen LogP contribution >= 0.6 is 0 Å². The van der Waals surface area contributed by atoms with Crippen LogP contribution in [-0.2, 0) is 28.5 Å². The predicted molar refractivity (Wildman–Crippen MR) is 141 cm³/mol. The molecule has 1 aliphatic rings. The molecule has 0 aliphatic carbocycles.